The van der Waals surface area contributed by atoms with Crippen LogP contribution in [0.15, 0.2) is 42.5 Å². The summed E-state index contributed by atoms with van der Waals surface area (Å²) in [6, 6.07) is 6.07. The first kappa shape index (κ1) is 21.1. The highest BCUT2D eigenvalue weighted by molar-refractivity contribution is 6.02. The fraction of sp³-hybridized carbons (Fsp3) is 0.176. The van der Waals surface area contributed by atoms with E-state index in [0.29, 0.717) is 12.1 Å². The van der Waals surface area contributed by atoms with Gasteiger partial charge in [0, 0.05) is 0 Å². The molecule has 0 aliphatic rings. The van der Waals surface area contributed by atoms with Gasteiger partial charge < -0.3 is 14.9 Å². The van der Waals surface area contributed by atoms with Crippen molar-refractivity contribution in [3.63, 3.8) is 0 Å². The third kappa shape index (κ3) is 4.18. The predicted molar refractivity (Wildman–Crippen MR) is 81.7 cm³/mol. The van der Waals surface area contributed by atoms with E-state index >= 15 is 0 Å². The number of ether oxygens (including phenoxy) is 1. The molecule has 0 fully saturated rings. The van der Waals surface area contributed by atoms with Gasteiger partial charge in [-0.05, 0) is 35.9 Å². The largest absolute Gasteiger partial charge is 0.478 e. The number of aromatic carboxylic acids is 2. The minimum Gasteiger partial charge on any atom is -0.478 e. The molecule has 0 radical (unpaired) electrons. The Balaban J connectivity index is 2.25. The second-order valence-electron chi connectivity index (χ2n) is 5.47. The Kier molecular flexibility index (Phi) is 5.57. The molecule has 28 heavy (non-hydrogen) atoms. The lowest BCUT2D eigenvalue weighted by molar-refractivity contribution is -0.305. The topological polar surface area (TPSA) is 83.8 Å². The second kappa shape index (κ2) is 7.41. The molecule has 0 aromatic heterocycles. The maximum Gasteiger partial charge on any atom is 0.456 e. The minimum atomic E-state index is -6.07. The molecule has 11 heteroatoms. The molecule has 150 valence electrons. The summed E-state index contributed by atoms with van der Waals surface area (Å²) in [6.45, 7) is 0. The molecule has 2 rings (SSSR count). The van der Waals surface area contributed by atoms with Crippen molar-refractivity contribution in [2.45, 2.75) is 18.3 Å². The molecule has 1 unspecified atom stereocenters. The van der Waals surface area contributed by atoms with E-state index in [4.69, 9.17) is 14.9 Å². The van der Waals surface area contributed by atoms with E-state index in [1.807, 2.05) is 0 Å². The smallest absolute Gasteiger partial charge is 0.456 e. The maximum absolute atomic E-state index is 13.6. The Hall–Kier alpha value is -3.24. The molecule has 0 saturated carbocycles. The molecular weight excluding hydrogens is 398 g/mol. The lowest BCUT2D eigenvalue weighted by atomic mass is 10.0. The van der Waals surface area contributed by atoms with Gasteiger partial charge in [-0.3, -0.25) is 0 Å². The molecule has 2 aromatic rings. The van der Waals surface area contributed by atoms with Crippen molar-refractivity contribution in [3.05, 3.63) is 59.2 Å². The summed E-state index contributed by atoms with van der Waals surface area (Å²) in [4.78, 5) is 22.1. The second-order valence-corrected chi connectivity index (χ2v) is 5.47. The molecule has 2 aromatic carbocycles. The van der Waals surface area contributed by atoms with E-state index in [0.717, 1.165) is 30.3 Å². The van der Waals surface area contributed by atoms with E-state index in [-0.39, 0.29) is 11.5 Å². The summed E-state index contributed by atoms with van der Waals surface area (Å²) in [5.41, 5.74) is -2.04. The number of carboxylic acids is 2. The zero-order chi connectivity index (χ0) is 21.3. The third-order valence-corrected chi connectivity index (χ3v) is 3.56. The Morgan fingerprint density at radius 3 is 1.79 bits per heavy atom. The first-order valence-electron chi connectivity index (χ1n) is 7.31. The normalized spacial score (nSPS) is 13.1. The van der Waals surface area contributed by atoms with Crippen molar-refractivity contribution in [1.29, 1.82) is 0 Å². The van der Waals surface area contributed by atoms with Gasteiger partial charge >= 0.3 is 24.0 Å². The van der Waals surface area contributed by atoms with E-state index in [1.165, 1.54) is 0 Å². The van der Waals surface area contributed by atoms with Gasteiger partial charge in [0.1, 0.15) is 11.5 Å². The minimum absolute atomic E-state index is 0.134. The highest BCUT2D eigenvalue weighted by atomic mass is 19.4. The van der Waals surface area contributed by atoms with E-state index in [1.54, 1.807) is 0 Å². The third-order valence-electron chi connectivity index (χ3n) is 3.56. The first-order valence-corrected chi connectivity index (χ1v) is 7.31. The average Bonchev–Trinajstić information content (AvgIpc) is 2.60. The zero-order valence-electron chi connectivity index (χ0n) is 13.5. The van der Waals surface area contributed by atoms with Gasteiger partial charge in [0.2, 0.25) is 0 Å². The zero-order valence-corrected chi connectivity index (χ0v) is 13.5. The van der Waals surface area contributed by atoms with Crippen LogP contribution in [-0.4, -0.2) is 34.3 Å². The summed E-state index contributed by atoms with van der Waals surface area (Å²) in [5, 5.41) is 17.9. The number of carbonyl (C=O) groups is 2. The molecule has 1 atom stereocenters. The van der Waals surface area contributed by atoms with Crippen LogP contribution in [0.3, 0.4) is 0 Å². The van der Waals surface area contributed by atoms with Crippen LogP contribution in [-0.2, 0) is 0 Å². The van der Waals surface area contributed by atoms with Gasteiger partial charge in [0.05, 0.1) is 11.1 Å². The molecule has 0 aliphatic heterocycles. The van der Waals surface area contributed by atoms with Gasteiger partial charge in [-0.2, -0.15) is 22.0 Å². The van der Waals surface area contributed by atoms with Crippen molar-refractivity contribution in [2.75, 3.05) is 0 Å². The van der Waals surface area contributed by atoms with Crippen LogP contribution in [0, 0.1) is 0 Å². The SMILES string of the molecule is O=C(O)c1ccc(Oc2ccc(C(F)C(F)(F)C(F)(F)F)cc2)cc1C(=O)O. The molecule has 0 aliphatic carbocycles. The number of halogens is 6. The highest BCUT2D eigenvalue weighted by Gasteiger charge is 2.63. The maximum atomic E-state index is 13.6. The number of alkyl halides is 6. The van der Waals surface area contributed by atoms with Crippen molar-refractivity contribution >= 4 is 11.9 Å². The predicted octanol–water partition coefficient (Wildman–Crippen LogP) is 5.08. The van der Waals surface area contributed by atoms with E-state index in [2.05, 4.69) is 0 Å². The van der Waals surface area contributed by atoms with Gasteiger partial charge in [-0.25, -0.2) is 14.0 Å². The standard InChI is InChI=1S/C17H10F6O5/c18-13(16(19,20)17(21,22)23)8-1-3-9(4-2-8)28-10-5-6-11(14(24)25)12(7-10)15(26)27/h1-7,13H,(H,24,25)(H,26,27). The van der Waals surface area contributed by atoms with Crippen LogP contribution in [0.5, 0.6) is 11.5 Å². The van der Waals surface area contributed by atoms with Gasteiger partial charge in [0.15, 0.2) is 6.17 Å². The van der Waals surface area contributed by atoms with Gasteiger partial charge in [0.25, 0.3) is 0 Å². The number of benzene rings is 2. The van der Waals surface area contributed by atoms with Crippen LogP contribution >= 0.6 is 0 Å². The molecule has 0 bridgehead atoms. The molecule has 0 saturated heterocycles. The van der Waals surface area contributed by atoms with E-state index in [9.17, 15) is 35.9 Å². The Morgan fingerprint density at radius 2 is 1.32 bits per heavy atom. The average molecular weight is 408 g/mol. The van der Waals surface area contributed by atoms with Crippen molar-refractivity contribution in [2.24, 2.45) is 0 Å². The number of hydrogen-bond acceptors (Lipinski definition) is 3. The Bertz CT molecular complexity index is 892. The summed E-state index contributed by atoms with van der Waals surface area (Å²) in [7, 11) is 0. The Morgan fingerprint density at radius 1 is 0.821 bits per heavy atom. The number of carboxylic acid groups (broad SMARTS) is 2. The summed E-state index contributed by atoms with van der Waals surface area (Å²) in [5.74, 6) is -8.91. The lowest BCUT2D eigenvalue weighted by Gasteiger charge is -2.23. The van der Waals surface area contributed by atoms with Gasteiger partial charge in [-0.15, -0.1) is 0 Å². The summed E-state index contributed by atoms with van der Waals surface area (Å²) < 4.78 is 81.6. The fourth-order valence-electron chi connectivity index (χ4n) is 2.14. The van der Waals surface area contributed by atoms with Crippen LogP contribution in [0.25, 0.3) is 0 Å². The quantitative estimate of drug-likeness (QED) is 0.651. The van der Waals surface area contributed by atoms with Gasteiger partial charge in [-0.1, -0.05) is 12.1 Å². The molecule has 0 amide bonds. The van der Waals surface area contributed by atoms with Crippen LogP contribution in [0.1, 0.15) is 32.5 Å². The van der Waals surface area contributed by atoms with Crippen molar-refractivity contribution < 1.29 is 50.9 Å². The van der Waals surface area contributed by atoms with Crippen LogP contribution in [0.2, 0.25) is 0 Å². The number of hydrogen-bond donors (Lipinski definition) is 2. The van der Waals surface area contributed by atoms with E-state index < -0.39 is 46.9 Å². The fourth-order valence-corrected chi connectivity index (χ4v) is 2.14. The summed E-state index contributed by atoms with van der Waals surface area (Å²) >= 11 is 0. The van der Waals surface area contributed by atoms with Crippen LogP contribution in [0.4, 0.5) is 26.3 Å². The molecule has 5 nitrogen and oxygen atoms in total. The van der Waals surface area contributed by atoms with Crippen LogP contribution < -0.4 is 4.74 Å². The Labute approximate surface area is 152 Å². The monoisotopic (exact) mass is 408 g/mol. The molecule has 0 spiro atoms. The lowest BCUT2D eigenvalue weighted by Crippen LogP contribution is -2.40. The van der Waals surface area contributed by atoms with Crippen molar-refractivity contribution in [1.82, 2.24) is 0 Å². The molecular formula is C17H10F6O5. The highest BCUT2D eigenvalue weighted by Crippen LogP contribution is 2.46. The summed E-state index contributed by atoms with van der Waals surface area (Å²) in [6.07, 6.45) is -9.70. The number of rotatable bonds is 6. The first-order chi connectivity index (χ1) is 12.8. The molecule has 0 heterocycles. The molecule has 2 N–H and O–H groups in total. The van der Waals surface area contributed by atoms with Crippen molar-refractivity contribution in [3.8, 4) is 11.5 Å².